The first-order chi connectivity index (χ1) is 11.8. The van der Waals surface area contributed by atoms with Crippen LogP contribution in [0.2, 0.25) is 0 Å². The normalized spacial score (nSPS) is 10.2. The third-order valence-electron chi connectivity index (χ3n) is 3.57. The molecule has 25 heavy (non-hydrogen) atoms. The van der Waals surface area contributed by atoms with Crippen molar-refractivity contribution < 1.29 is 19.8 Å². The molecule has 5 heteroatoms. The van der Waals surface area contributed by atoms with E-state index in [-0.39, 0.29) is 6.42 Å². The number of carboxylic acid groups (broad SMARTS) is 2. The number of carbonyl (C=O) groups excluding carboxylic acids is 2. The van der Waals surface area contributed by atoms with Crippen LogP contribution in [0.1, 0.15) is 33.1 Å². The van der Waals surface area contributed by atoms with Crippen molar-refractivity contribution in [3.63, 3.8) is 0 Å². The second kappa shape index (κ2) is 10.9. The summed E-state index contributed by atoms with van der Waals surface area (Å²) in [5.74, 6) is -2.30. The van der Waals surface area contributed by atoms with E-state index in [1.54, 1.807) is 0 Å². The van der Waals surface area contributed by atoms with Crippen molar-refractivity contribution in [1.29, 1.82) is 0 Å². The van der Waals surface area contributed by atoms with Crippen molar-refractivity contribution in [3.05, 3.63) is 60.7 Å². The van der Waals surface area contributed by atoms with Crippen LogP contribution < -0.4 is 17.4 Å². The fourth-order valence-electron chi connectivity index (χ4n) is 1.99. The molecule has 0 radical (unpaired) electrons. The predicted molar refractivity (Wildman–Crippen MR) is 95.6 cm³/mol. The molecule has 0 amide bonds. The average Bonchev–Trinajstić information content (AvgIpc) is 2.56. The summed E-state index contributed by atoms with van der Waals surface area (Å²) in [4.78, 5) is 20.4. The standard InChI is InChI=1S/C8H14O4.2C6H5.Sn/c1-8(2,7(11)12)5-3-4-6(9)10;2*1-2-4-6-5-3-1;/h3-5H2,1-2H3,(H,9,10)(H,11,12);2*1-5H;/q;;;+2/p-2. The molecule has 4 nitrogen and oxygen atoms in total. The maximum absolute atomic E-state index is 10.4. The van der Waals surface area contributed by atoms with Crippen LogP contribution in [0, 0.1) is 5.41 Å². The van der Waals surface area contributed by atoms with Gasteiger partial charge in [-0.25, -0.2) is 0 Å². The second-order valence-corrected chi connectivity index (χ2v) is 10.3. The van der Waals surface area contributed by atoms with Gasteiger partial charge in [-0.1, -0.05) is 13.8 Å². The Morgan fingerprint density at radius 2 is 1.32 bits per heavy atom. The molecule has 0 aromatic heterocycles. The maximum atomic E-state index is 10.4. The minimum absolute atomic E-state index is 0.100. The van der Waals surface area contributed by atoms with Gasteiger partial charge in [-0.3, -0.25) is 0 Å². The zero-order valence-electron chi connectivity index (χ0n) is 14.5. The molecule has 2 aromatic rings. The minimum atomic E-state index is -1.15. The monoisotopic (exact) mass is 446 g/mol. The van der Waals surface area contributed by atoms with Gasteiger partial charge in [0.15, 0.2) is 0 Å². The molecule has 0 spiro atoms. The molecule has 130 valence electrons. The summed E-state index contributed by atoms with van der Waals surface area (Å²) in [5.41, 5.74) is -0.949. The van der Waals surface area contributed by atoms with E-state index in [4.69, 9.17) is 0 Å². The zero-order chi connectivity index (χ0) is 18.7. The molecular weight excluding hydrogens is 423 g/mol. The molecule has 0 heterocycles. The molecule has 0 bridgehead atoms. The Bertz CT molecular complexity index is 616. The van der Waals surface area contributed by atoms with Crippen LogP contribution in [0.5, 0.6) is 0 Å². The Labute approximate surface area is 159 Å². The summed E-state index contributed by atoms with van der Waals surface area (Å²) in [7, 11) is 0. The summed E-state index contributed by atoms with van der Waals surface area (Å²) in [6.45, 7) is 3.02. The van der Waals surface area contributed by atoms with Crippen LogP contribution in [0.3, 0.4) is 0 Å². The third-order valence-corrected chi connectivity index (χ3v) is 7.12. The van der Waals surface area contributed by atoms with Crippen molar-refractivity contribution in [2.45, 2.75) is 33.1 Å². The Balaban J connectivity index is 0.000000252. The van der Waals surface area contributed by atoms with E-state index in [9.17, 15) is 19.8 Å². The van der Waals surface area contributed by atoms with Crippen molar-refractivity contribution in [2.24, 2.45) is 5.41 Å². The molecule has 0 saturated carbocycles. The van der Waals surface area contributed by atoms with E-state index in [2.05, 4.69) is 60.7 Å². The molecule has 0 N–H and O–H groups in total. The van der Waals surface area contributed by atoms with Crippen LogP contribution in [-0.2, 0) is 9.59 Å². The van der Waals surface area contributed by atoms with Crippen molar-refractivity contribution in [3.8, 4) is 0 Å². The average molecular weight is 445 g/mol. The Morgan fingerprint density at radius 1 is 0.880 bits per heavy atom. The van der Waals surface area contributed by atoms with Crippen LogP contribution >= 0.6 is 0 Å². The molecule has 0 aliphatic rings. The fourth-order valence-corrected chi connectivity index (χ4v) is 4.99. The topological polar surface area (TPSA) is 80.3 Å². The van der Waals surface area contributed by atoms with E-state index < -0.39 is 38.5 Å². The third kappa shape index (κ3) is 9.29. The van der Waals surface area contributed by atoms with Crippen LogP contribution in [0.15, 0.2) is 60.7 Å². The van der Waals surface area contributed by atoms with Crippen LogP contribution in [0.25, 0.3) is 0 Å². The van der Waals surface area contributed by atoms with Gasteiger partial charge in [0, 0.05) is 17.4 Å². The van der Waals surface area contributed by atoms with Gasteiger partial charge >= 0.3 is 89.0 Å². The van der Waals surface area contributed by atoms with Crippen LogP contribution in [-0.4, -0.2) is 33.1 Å². The molecule has 2 rings (SSSR count). The number of aliphatic carboxylic acids is 2. The van der Waals surface area contributed by atoms with Gasteiger partial charge in [-0.2, -0.15) is 0 Å². The summed E-state index contributed by atoms with van der Waals surface area (Å²) in [6.07, 6.45) is 0.503. The van der Waals surface area contributed by atoms with Gasteiger partial charge in [0.1, 0.15) is 0 Å². The Kier molecular flexibility index (Phi) is 9.27. The summed E-state index contributed by atoms with van der Waals surface area (Å²) >= 11 is -0.517. The number of hydrogen-bond donors (Lipinski definition) is 0. The summed E-state index contributed by atoms with van der Waals surface area (Å²) in [6, 6.07) is 21.6. The van der Waals surface area contributed by atoms with Gasteiger partial charge in [-0.05, 0) is 19.3 Å². The first-order valence-corrected chi connectivity index (χ1v) is 10.9. The van der Waals surface area contributed by atoms with Crippen molar-refractivity contribution in [2.75, 3.05) is 0 Å². The molecule has 0 fully saturated rings. The molecule has 0 aliphatic carbocycles. The van der Waals surface area contributed by atoms with Gasteiger partial charge < -0.3 is 19.8 Å². The number of rotatable bonds is 7. The predicted octanol–water partition coefficient (Wildman–Crippen LogP) is 0.0243. The molecule has 2 aromatic carbocycles. The van der Waals surface area contributed by atoms with Gasteiger partial charge in [0.2, 0.25) is 0 Å². The Hall–Kier alpha value is -1.82. The molecular formula is C20H22O4Sn. The van der Waals surface area contributed by atoms with Gasteiger partial charge in [-0.15, -0.1) is 0 Å². The first-order valence-electron chi connectivity index (χ1n) is 8.09. The number of carboxylic acids is 2. The summed E-state index contributed by atoms with van der Waals surface area (Å²) < 4.78 is 3.08. The quantitative estimate of drug-likeness (QED) is 0.564. The van der Waals surface area contributed by atoms with E-state index >= 15 is 0 Å². The number of hydrogen-bond acceptors (Lipinski definition) is 4. The van der Waals surface area contributed by atoms with E-state index in [0.29, 0.717) is 12.8 Å². The van der Waals surface area contributed by atoms with E-state index in [0.717, 1.165) is 0 Å². The summed E-state index contributed by atoms with van der Waals surface area (Å²) in [5, 5.41) is 20.4. The molecule has 0 atom stereocenters. The Morgan fingerprint density at radius 3 is 1.68 bits per heavy atom. The number of benzene rings is 2. The molecule has 0 aliphatic heterocycles. The second-order valence-electron chi connectivity index (χ2n) is 6.25. The van der Waals surface area contributed by atoms with Gasteiger partial charge in [0.25, 0.3) is 0 Å². The van der Waals surface area contributed by atoms with Crippen LogP contribution in [0.4, 0.5) is 0 Å². The van der Waals surface area contributed by atoms with E-state index in [1.165, 1.54) is 21.0 Å². The molecule has 0 saturated heterocycles. The molecule has 0 unspecified atom stereocenters. The first kappa shape index (κ1) is 21.2. The fraction of sp³-hybridized carbons (Fsp3) is 0.300. The number of carbonyl (C=O) groups is 2. The SMILES string of the molecule is CC(C)(CCCC(=O)[O-])C(=O)[O-].c1cc[c]([Sn+2][c]2ccccc2)cc1. The van der Waals surface area contributed by atoms with Gasteiger partial charge in [0.05, 0.1) is 0 Å². The zero-order valence-corrected chi connectivity index (χ0v) is 17.4. The van der Waals surface area contributed by atoms with Crippen molar-refractivity contribution >= 4 is 40.2 Å². The van der Waals surface area contributed by atoms with E-state index in [1.807, 2.05) is 0 Å². The van der Waals surface area contributed by atoms with Crippen molar-refractivity contribution in [1.82, 2.24) is 0 Å².